The molecule has 1 N–H and O–H groups in total. The summed E-state index contributed by atoms with van der Waals surface area (Å²) in [7, 11) is 2.12. The predicted molar refractivity (Wildman–Crippen MR) is 86.7 cm³/mol. The molecular formula is C17H33N3O. The van der Waals surface area contributed by atoms with Crippen molar-refractivity contribution in [3.05, 3.63) is 0 Å². The SMILES string of the molecule is CNCC1(CN2CCC(N3CCOCC3)C2)CCCCC1. The zero-order valence-corrected chi connectivity index (χ0v) is 13.8. The Morgan fingerprint density at radius 3 is 2.57 bits per heavy atom. The Hall–Kier alpha value is -0.160. The lowest BCUT2D eigenvalue weighted by Crippen LogP contribution is -2.47. The van der Waals surface area contributed by atoms with E-state index in [0.717, 1.165) is 32.3 Å². The first kappa shape index (κ1) is 15.7. The third-order valence-electron chi connectivity index (χ3n) is 5.83. The van der Waals surface area contributed by atoms with Crippen molar-refractivity contribution in [3.63, 3.8) is 0 Å². The van der Waals surface area contributed by atoms with Crippen molar-refractivity contribution in [3.8, 4) is 0 Å². The van der Waals surface area contributed by atoms with Gasteiger partial charge in [0, 0.05) is 38.8 Å². The molecule has 0 radical (unpaired) electrons. The maximum atomic E-state index is 5.49. The Morgan fingerprint density at radius 1 is 1.10 bits per heavy atom. The smallest absolute Gasteiger partial charge is 0.0594 e. The molecule has 0 bridgehead atoms. The van der Waals surface area contributed by atoms with E-state index in [4.69, 9.17) is 4.74 Å². The van der Waals surface area contributed by atoms with Crippen LogP contribution in [0.15, 0.2) is 0 Å². The number of nitrogens with one attached hydrogen (secondary N) is 1. The first-order chi connectivity index (χ1) is 10.3. The number of hydrogen-bond donors (Lipinski definition) is 1. The van der Waals surface area contributed by atoms with E-state index in [1.54, 1.807) is 0 Å². The molecule has 2 saturated heterocycles. The highest BCUT2D eigenvalue weighted by atomic mass is 16.5. The van der Waals surface area contributed by atoms with E-state index in [-0.39, 0.29) is 0 Å². The highest BCUT2D eigenvalue weighted by Gasteiger charge is 2.36. The molecule has 4 heteroatoms. The molecule has 4 nitrogen and oxygen atoms in total. The molecule has 0 aromatic heterocycles. The van der Waals surface area contributed by atoms with Crippen LogP contribution < -0.4 is 5.32 Å². The van der Waals surface area contributed by atoms with Crippen molar-refractivity contribution in [1.82, 2.24) is 15.1 Å². The normalized spacial score (nSPS) is 31.6. The first-order valence-electron chi connectivity index (χ1n) is 9.00. The molecule has 122 valence electrons. The molecular weight excluding hydrogens is 262 g/mol. The van der Waals surface area contributed by atoms with Gasteiger partial charge in [-0.1, -0.05) is 19.3 Å². The number of hydrogen-bond acceptors (Lipinski definition) is 4. The molecule has 1 saturated carbocycles. The van der Waals surface area contributed by atoms with Gasteiger partial charge in [0.05, 0.1) is 13.2 Å². The second-order valence-electron chi connectivity index (χ2n) is 7.42. The van der Waals surface area contributed by atoms with Gasteiger partial charge in [-0.2, -0.15) is 0 Å². The van der Waals surface area contributed by atoms with Crippen LogP contribution in [-0.4, -0.2) is 75.4 Å². The zero-order chi connectivity index (χ0) is 14.5. The van der Waals surface area contributed by atoms with Crippen molar-refractivity contribution in [2.45, 2.75) is 44.6 Å². The monoisotopic (exact) mass is 295 g/mol. The van der Waals surface area contributed by atoms with Gasteiger partial charge in [-0.05, 0) is 38.3 Å². The lowest BCUT2D eigenvalue weighted by atomic mass is 9.73. The van der Waals surface area contributed by atoms with E-state index in [0.29, 0.717) is 5.41 Å². The second-order valence-corrected chi connectivity index (χ2v) is 7.42. The summed E-state index contributed by atoms with van der Waals surface area (Å²) in [4.78, 5) is 5.41. The molecule has 0 aromatic rings. The Labute approximate surface area is 130 Å². The van der Waals surface area contributed by atoms with E-state index in [2.05, 4.69) is 22.2 Å². The maximum absolute atomic E-state index is 5.49. The average Bonchev–Trinajstić information content (AvgIpc) is 2.97. The van der Waals surface area contributed by atoms with Crippen LogP contribution in [0.2, 0.25) is 0 Å². The molecule has 2 aliphatic heterocycles. The van der Waals surface area contributed by atoms with Gasteiger partial charge in [0.1, 0.15) is 0 Å². The third kappa shape index (κ3) is 3.98. The summed E-state index contributed by atoms with van der Waals surface area (Å²) >= 11 is 0. The van der Waals surface area contributed by atoms with Gasteiger partial charge in [-0.15, -0.1) is 0 Å². The quantitative estimate of drug-likeness (QED) is 0.833. The van der Waals surface area contributed by atoms with Crippen LogP contribution in [0.1, 0.15) is 38.5 Å². The highest BCUT2D eigenvalue weighted by Crippen LogP contribution is 2.37. The largest absolute Gasteiger partial charge is 0.379 e. The molecule has 1 unspecified atom stereocenters. The lowest BCUT2D eigenvalue weighted by Gasteiger charge is -2.40. The molecule has 0 spiro atoms. The van der Waals surface area contributed by atoms with E-state index in [1.165, 1.54) is 64.7 Å². The van der Waals surface area contributed by atoms with E-state index >= 15 is 0 Å². The Balaban J connectivity index is 1.52. The summed E-state index contributed by atoms with van der Waals surface area (Å²) in [6.45, 7) is 9.24. The number of rotatable bonds is 5. The lowest BCUT2D eigenvalue weighted by molar-refractivity contribution is 0.0170. The number of nitrogens with zero attached hydrogens (tertiary/aromatic N) is 2. The topological polar surface area (TPSA) is 27.7 Å². The Bertz CT molecular complexity index is 306. The molecule has 1 aliphatic carbocycles. The number of morpholine rings is 1. The predicted octanol–water partition coefficient (Wildman–Crippen LogP) is 1.56. The Morgan fingerprint density at radius 2 is 1.86 bits per heavy atom. The van der Waals surface area contributed by atoms with Crippen LogP contribution >= 0.6 is 0 Å². The van der Waals surface area contributed by atoms with Crippen molar-refractivity contribution in [2.24, 2.45) is 5.41 Å². The van der Waals surface area contributed by atoms with Gasteiger partial charge in [-0.25, -0.2) is 0 Å². The first-order valence-corrected chi connectivity index (χ1v) is 9.00. The average molecular weight is 295 g/mol. The molecule has 3 aliphatic rings. The molecule has 0 aromatic carbocycles. The second kappa shape index (κ2) is 7.40. The molecule has 3 rings (SSSR count). The van der Waals surface area contributed by atoms with Gasteiger partial charge in [0.25, 0.3) is 0 Å². The standard InChI is InChI=1S/C17H33N3O/c1-18-14-17(6-3-2-4-7-17)15-19-8-5-16(13-19)20-9-11-21-12-10-20/h16,18H,2-15H2,1H3. The van der Waals surface area contributed by atoms with E-state index < -0.39 is 0 Å². The summed E-state index contributed by atoms with van der Waals surface area (Å²) in [5.41, 5.74) is 0.549. The fourth-order valence-electron chi connectivity index (χ4n) is 4.74. The van der Waals surface area contributed by atoms with Crippen LogP contribution in [0.25, 0.3) is 0 Å². The maximum Gasteiger partial charge on any atom is 0.0594 e. The fraction of sp³-hybridized carbons (Fsp3) is 1.00. The van der Waals surface area contributed by atoms with E-state index in [9.17, 15) is 0 Å². The summed E-state index contributed by atoms with van der Waals surface area (Å²) in [5.74, 6) is 0. The summed E-state index contributed by atoms with van der Waals surface area (Å²) in [6.07, 6.45) is 8.52. The van der Waals surface area contributed by atoms with Crippen LogP contribution in [0.3, 0.4) is 0 Å². The van der Waals surface area contributed by atoms with Crippen molar-refractivity contribution >= 4 is 0 Å². The van der Waals surface area contributed by atoms with Crippen molar-refractivity contribution in [1.29, 1.82) is 0 Å². The third-order valence-corrected chi connectivity index (χ3v) is 5.83. The van der Waals surface area contributed by atoms with Crippen molar-refractivity contribution in [2.75, 3.05) is 59.5 Å². The number of likely N-dealkylation sites (tertiary alicyclic amines) is 1. The minimum Gasteiger partial charge on any atom is -0.379 e. The highest BCUT2D eigenvalue weighted by molar-refractivity contribution is 4.92. The molecule has 21 heavy (non-hydrogen) atoms. The van der Waals surface area contributed by atoms with Crippen LogP contribution in [-0.2, 0) is 4.74 Å². The van der Waals surface area contributed by atoms with Crippen LogP contribution in [0, 0.1) is 5.41 Å². The Kier molecular flexibility index (Phi) is 5.54. The molecule has 1 atom stereocenters. The van der Waals surface area contributed by atoms with Crippen LogP contribution in [0.5, 0.6) is 0 Å². The summed E-state index contributed by atoms with van der Waals surface area (Å²) in [6, 6.07) is 0.782. The molecule has 2 heterocycles. The number of ether oxygens (including phenoxy) is 1. The molecule has 3 fully saturated rings. The zero-order valence-electron chi connectivity index (χ0n) is 13.8. The summed E-state index contributed by atoms with van der Waals surface area (Å²) < 4.78 is 5.49. The summed E-state index contributed by atoms with van der Waals surface area (Å²) in [5, 5.41) is 3.47. The minimum absolute atomic E-state index is 0.549. The van der Waals surface area contributed by atoms with Gasteiger partial charge >= 0.3 is 0 Å². The molecule has 0 amide bonds. The van der Waals surface area contributed by atoms with Gasteiger partial charge in [-0.3, -0.25) is 4.90 Å². The van der Waals surface area contributed by atoms with Gasteiger partial charge in [0.2, 0.25) is 0 Å². The fourth-order valence-corrected chi connectivity index (χ4v) is 4.74. The minimum atomic E-state index is 0.549. The van der Waals surface area contributed by atoms with E-state index in [1.807, 2.05) is 0 Å². The van der Waals surface area contributed by atoms with Crippen LogP contribution in [0.4, 0.5) is 0 Å². The van der Waals surface area contributed by atoms with Crippen molar-refractivity contribution < 1.29 is 4.74 Å². The van der Waals surface area contributed by atoms with Gasteiger partial charge < -0.3 is 15.0 Å². The van der Waals surface area contributed by atoms with Gasteiger partial charge in [0.15, 0.2) is 0 Å².